The molecule has 2 heterocycles. The molecule has 0 unspecified atom stereocenters. The molecule has 0 saturated heterocycles. The van der Waals surface area contributed by atoms with E-state index in [0.717, 1.165) is 18.7 Å². The predicted molar refractivity (Wildman–Crippen MR) is 65.0 cm³/mol. The van der Waals surface area contributed by atoms with Crippen molar-refractivity contribution >= 4 is 5.95 Å². The van der Waals surface area contributed by atoms with Crippen LogP contribution in [0.1, 0.15) is 5.69 Å². The van der Waals surface area contributed by atoms with Crippen LogP contribution >= 0.6 is 0 Å². The lowest BCUT2D eigenvalue weighted by atomic mass is 10.3. The van der Waals surface area contributed by atoms with Crippen LogP contribution in [-0.2, 0) is 6.42 Å². The molecular weight excluding hydrogens is 216 g/mol. The van der Waals surface area contributed by atoms with Crippen molar-refractivity contribution < 1.29 is 4.74 Å². The van der Waals surface area contributed by atoms with Gasteiger partial charge in [-0.1, -0.05) is 6.07 Å². The molecule has 0 aromatic carbocycles. The Hall–Kier alpha value is -2.17. The highest BCUT2D eigenvalue weighted by atomic mass is 16.5. The molecule has 5 nitrogen and oxygen atoms in total. The highest BCUT2D eigenvalue weighted by molar-refractivity contribution is 5.27. The van der Waals surface area contributed by atoms with Gasteiger partial charge in [0, 0.05) is 37.1 Å². The number of pyridine rings is 1. The van der Waals surface area contributed by atoms with Gasteiger partial charge in [0.15, 0.2) is 0 Å². The summed E-state index contributed by atoms with van der Waals surface area (Å²) in [6.45, 7) is 0.740. The van der Waals surface area contributed by atoms with Crippen LogP contribution in [0.4, 0.5) is 5.95 Å². The zero-order chi connectivity index (χ0) is 11.9. The third kappa shape index (κ3) is 3.41. The van der Waals surface area contributed by atoms with Crippen LogP contribution in [0.5, 0.6) is 5.88 Å². The van der Waals surface area contributed by atoms with Crippen molar-refractivity contribution in [3.63, 3.8) is 0 Å². The van der Waals surface area contributed by atoms with E-state index in [9.17, 15) is 0 Å². The molecule has 0 radical (unpaired) electrons. The summed E-state index contributed by atoms with van der Waals surface area (Å²) in [5.74, 6) is 1.13. The molecule has 88 valence electrons. The molecule has 17 heavy (non-hydrogen) atoms. The Labute approximate surface area is 99.9 Å². The van der Waals surface area contributed by atoms with Gasteiger partial charge in [0.05, 0.1) is 7.11 Å². The Morgan fingerprint density at radius 2 is 2.12 bits per heavy atom. The van der Waals surface area contributed by atoms with Crippen molar-refractivity contribution in [3.05, 3.63) is 42.4 Å². The summed E-state index contributed by atoms with van der Waals surface area (Å²) < 4.78 is 5.02. The molecule has 0 spiro atoms. The number of hydrogen-bond donors (Lipinski definition) is 1. The predicted octanol–water partition coefficient (Wildman–Crippen LogP) is 1.53. The fourth-order valence-corrected chi connectivity index (χ4v) is 1.39. The summed E-state index contributed by atoms with van der Waals surface area (Å²) in [7, 11) is 1.58. The number of hydrogen-bond acceptors (Lipinski definition) is 5. The Bertz CT molecular complexity index is 461. The second-order valence-electron chi connectivity index (χ2n) is 3.42. The number of aromatic nitrogens is 3. The minimum Gasteiger partial charge on any atom is -0.481 e. The number of anilines is 1. The summed E-state index contributed by atoms with van der Waals surface area (Å²) in [6.07, 6.45) is 4.29. The minimum absolute atomic E-state index is 0.556. The highest BCUT2D eigenvalue weighted by Gasteiger charge is 1.98. The SMILES string of the molecule is COc1ccnc(NCCc2ccccn2)n1. The van der Waals surface area contributed by atoms with Crippen LogP contribution in [0.2, 0.25) is 0 Å². The lowest BCUT2D eigenvalue weighted by Gasteiger charge is -2.05. The van der Waals surface area contributed by atoms with E-state index >= 15 is 0 Å². The van der Waals surface area contributed by atoms with Crippen LogP contribution in [-0.4, -0.2) is 28.6 Å². The molecule has 5 heteroatoms. The fourth-order valence-electron chi connectivity index (χ4n) is 1.39. The van der Waals surface area contributed by atoms with Crippen molar-refractivity contribution in [3.8, 4) is 5.88 Å². The standard InChI is InChI=1S/C12H14N4O/c1-17-11-6-9-15-12(16-11)14-8-5-10-4-2-3-7-13-10/h2-4,6-7,9H,5,8H2,1H3,(H,14,15,16). The first-order chi connectivity index (χ1) is 8.38. The molecule has 0 amide bonds. The smallest absolute Gasteiger partial charge is 0.225 e. The maximum Gasteiger partial charge on any atom is 0.225 e. The molecule has 1 N–H and O–H groups in total. The quantitative estimate of drug-likeness (QED) is 0.844. The van der Waals surface area contributed by atoms with Crippen LogP contribution in [0.15, 0.2) is 36.7 Å². The number of nitrogens with one attached hydrogen (secondary N) is 1. The first-order valence-electron chi connectivity index (χ1n) is 5.39. The Balaban J connectivity index is 1.86. The van der Waals surface area contributed by atoms with Crippen LogP contribution in [0.25, 0.3) is 0 Å². The van der Waals surface area contributed by atoms with Gasteiger partial charge in [-0.15, -0.1) is 0 Å². The van der Waals surface area contributed by atoms with Crippen molar-refractivity contribution in [2.24, 2.45) is 0 Å². The van der Waals surface area contributed by atoms with Gasteiger partial charge in [-0.05, 0) is 12.1 Å². The van der Waals surface area contributed by atoms with Gasteiger partial charge in [-0.2, -0.15) is 4.98 Å². The summed E-state index contributed by atoms with van der Waals surface area (Å²) in [5.41, 5.74) is 1.04. The average molecular weight is 230 g/mol. The van der Waals surface area contributed by atoms with E-state index in [0.29, 0.717) is 11.8 Å². The molecule has 0 bridgehead atoms. The van der Waals surface area contributed by atoms with Gasteiger partial charge in [0.2, 0.25) is 11.8 Å². The average Bonchev–Trinajstić information content (AvgIpc) is 2.40. The molecule has 0 saturated carbocycles. The Morgan fingerprint density at radius 3 is 2.88 bits per heavy atom. The molecule has 0 aliphatic heterocycles. The first-order valence-corrected chi connectivity index (χ1v) is 5.39. The molecule has 0 aliphatic carbocycles. The van der Waals surface area contributed by atoms with E-state index in [2.05, 4.69) is 20.3 Å². The zero-order valence-corrected chi connectivity index (χ0v) is 9.63. The monoisotopic (exact) mass is 230 g/mol. The molecular formula is C12H14N4O. The third-order valence-electron chi connectivity index (χ3n) is 2.23. The van der Waals surface area contributed by atoms with E-state index in [1.165, 1.54) is 0 Å². The zero-order valence-electron chi connectivity index (χ0n) is 9.63. The van der Waals surface area contributed by atoms with E-state index in [1.807, 2.05) is 18.2 Å². The van der Waals surface area contributed by atoms with Gasteiger partial charge in [0.1, 0.15) is 0 Å². The lowest BCUT2D eigenvalue weighted by molar-refractivity contribution is 0.397. The summed E-state index contributed by atoms with van der Waals surface area (Å²) in [4.78, 5) is 12.5. The Morgan fingerprint density at radius 1 is 1.18 bits per heavy atom. The summed E-state index contributed by atoms with van der Waals surface area (Å²) >= 11 is 0. The molecule has 0 atom stereocenters. The van der Waals surface area contributed by atoms with E-state index in [4.69, 9.17) is 4.74 Å². The fraction of sp³-hybridized carbons (Fsp3) is 0.250. The van der Waals surface area contributed by atoms with Crippen LogP contribution in [0.3, 0.4) is 0 Å². The van der Waals surface area contributed by atoms with Crippen molar-refractivity contribution in [1.82, 2.24) is 15.0 Å². The van der Waals surface area contributed by atoms with Gasteiger partial charge in [-0.25, -0.2) is 4.98 Å². The van der Waals surface area contributed by atoms with Crippen molar-refractivity contribution in [1.29, 1.82) is 0 Å². The van der Waals surface area contributed by atoms with Gasteiger partial charge in [-0.3, -0.25) is 4.98 Å². The number of ether oxygens (including phenoxy) is 1. The van der Waals surface area contributed by atoms with Crippen molar-refractivity contribution in [2.75, 3.05) is 19.0 Å². The highest BCUT2D eigenvalue weighted by Crippen LogP contribution is 2.07. The van der Waals surface area contributed by atoms with Gasteiger partial charge < -0.3 is 10.1 Å². The van der Waals surface area contributed by atoms with Crippen LogP contribution < -0.4 is 10.1 Å². The number of methoxy groups -OCH3 is 1. The molecule has 2 aromatic rings. The van der Waals surface area contributed by atoms with Gasteiger partial charge in [0.25, 0.3) is 0 Å². The largest absolute Gasteiger partial charge is 0.481 e. The minimum atomic E-state index is 0.556. The summed E-state index contributed by atoms with van der Waals surface area (Å²) in [6, 6.07) is 7.59. The van der Waals surface area contributed by atoms with E-state index in [-0.39, 0.29) is 0 Å². The van der Waals surface area contributed by atoms with Gasteiger partial charge >= 0.3 is 0 Å². The van der Waals surface area contributed by atoms with E-state index < -0.39 is 0 Å². The number of rotatable bonds is 5. The maximum atomic E-state index is 5.02. The first kappa shape index (κ1) is 11.3. The Kier molecular flexibility index (Phi) is 3.85. The second kappa shape index (κ2) is 5.79. The normalized spacial score (nSPS) is 9.94. The molecule has 2 aromatic heterocycles. The second-order valence-corrected chi connectivity index (χ2v) is 3.42. The topological polar surface area (TPSA) is 59.9 Å². The molecule has 0 fully saturated rings. The lowest BCUT2D eigenvalue weighted by Crippen LogP contribution is -2.08. The maximum absolute atomic E-state index is 5.02. The van der Waals surface area contributed by atoms with Crippen LogP contribution in [0, 0.1) is 0 Å². The summed E-state index contributed by atoms with van der Waals surface area (Å²) in [5, 5.41) is 3.13. The van der Waals surface area contributed by atoms with E-state index in [1.54, 1.807) is 25.6 Å². The third-order valence-corrected chi connectivity index (χ3v) is 2.23. The molecule has 2 rings (SSSR count). The van der Waals surface area contributed by atoms with Crippen molar-refractivity contribution in [2.45, 2.75) is 6.42 Å². The number of nitrogens with zero attached hydrogens (tertiary/aromatic N) is 3. The molecule has 0 aliphatic rings.